The van der Waals surface area contributed by atoms with E-state index in [0.29, 0.717) is 17.4 Å². The largest absolute Gasteiger partial charge is 0.399 e. The van der Waals surface area contributed by atoms with Crippen LogP contribution in [0.1, 0.15) is 19.3 Å². The number of nitrogen functional groups attached to an aromatic ring is 1. The van der Waals surface area contributed by atoms with Crippen molar-refractivity contribution in [3.63, 3.8) is 0 Å². The summed E-state index contributed by atoms with van der Waals surface area (Å²) >= 11 is 0. The maximum absolute atomic E-state index is 11.6. The lowest BCUT2D eigenvalue weighted by Crippen LogP contribution is -2.39. The van der Waals surface area contributed by atoms with Gasteiger partial charge in [-0.15, -0.1) is 5.43 Å². The second-order valence-electron chi connectivity index (χ2n) is 3.65. The number of hydrogen-bond donors (Lipinski definition) is 2. The molecule has 1 saturated carbocycles. The van der Waals surface area contributed by atoms with E-state index in [-0.39, 0.29) is 0 Å². The third-order valence-electron chi connectivity index (χ3n) is 2.51. The highest BCUT2D eigenvalue weighted by Gasteiger charge is 2.25. The molecule has 0 heterocycles. The Morgan fingerprint density at radius 1 is 1.43 bits per heavy atom. The summed E-state index contributed by atoms with van der Waals surface area (Å²) in [5.41, 5.74) is 9.64. The highest BCUT2D eigenvalue weighted by Crippen LogP contribution is 2.20. The Morgan fingerprint density at radius 3 is 2.79 bits per heavy atom. The van der Waals surface area contributed by atoms with E-state index >= 15 is 0 Å². The first kappa shape index (κ1) is 8.99. The van der Waals surface area contributed by atoms with Crippen molar-refractivity contribution in [1.29, 1.82) is 0 Å². The van der Waals surface area contributed by atoms with Gasteiger partial charge in [0.05, 0.1) is 10.9 Å². The molecule has 0 aliphatic heterocycles. The van der Waals surface area contributed by atoms with Crippen molar-refractivity contribution in [1.82, 2.24) is 5.43 Å². The standard InChI is InChI=1S/C10H14N3O/c11-8-3-1-6-10(7-8)13(14)12-9-4-2-5-9/h1,3,6-7,9H,2,4-5,11H2,(H,12,14)/q+1. The number of hydrogen-bond acceptors (Lipinski definition) is 2. The van der Waals surface area contributed by atoms with Crippen LogP contribution in [0, 0.1) is 4.91 Å². The molecule has 74 valence electrons. The minimum Gasteiger partial charge on any atom is -0.399 e. The van der Waals surface area contributed by atoms with Gasteiger partial charge in [-0.25, -0.2) is 0 Å². The molecule has 4 nitrogen and oxygen atoms in total. The third kappa shape index (κ3) is 1.84. The van der Waals surface area contributed by atoms with Gasteiger partial charge in [-0.2, -0.15) is 0 Å². The van der Waals surface area contributed by atoms with Crippen LogP contribution >= 0.6 is 0 Å². The van der Waals surface area contributed by atoms with E-state index in [1.54, 1.807) is 24.3 Å². The zero-order valence-electron chi connectivity index (χ0n) is 7.94. The Labute approximate surface area is 82.6 Å². The summed E-state index contributed by atoms with van der Waals surface area (Å²) in [4.78, 5) is 12.4. The van der Waals surface area contributed by atoms with Gasteiger partial charge in [-0.05, 0) is 25.3 Å². The van der Waals surface area contributed by atoms with E-state index in [1.807, 2.05) is 0 Å². The molecule has 1 aliphatic carbocycles. The quantitative estimate of drug-likeness (QED) is 0.435. The van der Waals surface area contributed by atoms with Crippen LogP contribution in [-0.2, 0) is 0 Å². The Balaban J connectivity index is 2.02. The molecule has 1 aliphatic rings. The van der Waals surface area contributed by atoms with Crippen molar-refractivity contribution in [2.24, 2.45) is 0 Å². The van der Waals surface area contributed by atoms with Gasteiger partial charge >= 0.3 is 0 Å². The van der Waals surface area contributed by atoms with E-state index in [0.717, 1.165) is 17.7 Å². The third-order valence-corrected chi connectivity index (χ3v) is 2.51. The number of anilines is 1. The summed E-state index contributed by atoms with van der Waals surface area (Å²) in [6.07, 6.45) is 3.38. The van der Waals surface area contributed by atoms with Crippen molar-refractivity contribution < 1.29 is 4.87 Å². The molecule has 0 aromatic heterocycles. The summed E-state index contributed by atoms with van der Waals surface area (Å²) in [6, 6.07) is 7.29. The summed E-state index contributed by atoms with van der Waals surface area (Å²) in [7, 11) is 0. The molecule has 0 unspecified atom stereocenters. The minimum atomic E-state index is 0.342. The van der Waals surface area contributed by atoms with Gasteiger partial charge in [0, 0.05) is 17.8 Å². The lowest BCUT2D eigenvalue weighted by Gasteiger charge is -2.21. The van der Waals surface area contributed by atoms with Crippen LogP contribution in [-0.4, -0.2) is 10.9 Å². The number of rotatable bonds is 3. The number of nitrogens with zero attached hydrogens (tertiary/aromatic N) is 1. The van der Waals surface area contributed by atoms with E-state index in [9.17, 15) is 4.91 Å². The van der Waals surface area contributed by atoms with E-state index in [4.69, 9.17) is 5.73 Å². The lowest BCUT2D eigenvalue weighted by atomic mass is 9.94. The molecule has 0 radical (unpaired) electrons. The smallest absolute Gasteiger partial charge is 0.293 e. The molecule has 4 heteroatoms. The van der Waals surface area contributed by atoms with Gasteiger partial charge in [0.15, 0.2) is 4.87 Å². The molecule has 0 atom stereocenters. The van der Waals surface area contributed by atoms with Crippen LogP contribution in [0.15, 0.2) is 24.3 Å². The topological polar surface area (TPSA) is 58.1 Å². The second-order valence-corrected chi connectivity index (χ2v) is 3.65. The molecule has 14 heavy (non-hydrogen) atoms. The maximum atomic E-state index is 11.6. The van der Waals surface area contributed by atoms with Crippen molar-refractivity contribution in [2.75, 3.05) is 5.73 Å². The molecule has 1 aromatic rings. The summed E-state index contributed by atoms with van der Waals surface area (Å²) < 4.78 is 0. The zero-order chi connectivity index (χ0) is 9.97. The van der Waals surface area contributed by atoms with Crippen molar-refractivity contribution in [2.45, 2.75) is 25.3 Å². The highest BCUT2D eigenvalue weighted by molar-refractivity contribution is 5.46. The van der Waals surface area contributed by atoms with Crippen LogP contribution in [0.5, 0.6) is 0 Å². The van der Waals surface area contributed by atoms with Gasteiger partial charge in [-0.3, -0.25) is 0 Å². The van der Waals surface area contributed by atoms with Crippen molar-refractivity contribution >= 4 is 11.4 Å². The van der Waals surface area contributed by atoms with Crippen LogP contribution in [0.25, 0.3) is 0 Å². The number of nitrogens with one attached hydrogen (secondary N) is 1. The highest BCUT2D eigenvalue weighted by atomic mass is 16.3. The number of benzene rings is 1. The summed E-state index contributed by atoms with van der Waals surface area (Å²) in [5, 5.41) is 0. The molecule has 0 saturated heterocycles. The predicted octanol–water partition coefficient (Wildman–Crippen LogP) is 1.74. The molecule has 0 bridgehead atoms. The van der Waals surface area contributed by atoms with Gasteiger partial charge in [0.2, 0.25) is 0 Å². The molecule has 0 spiro atoms. The van der Waals surface area contributed by atoms with E-state index in [2.05, 4.69) is 5.43 Å². The Morgan fingerprint density at radius 2 is 2.21 bits per heavy atom. The van der Waals surface area contributed by atoms with Gasteiger partial charge < -0.3 is 5.73 Å². The first-order valence-corrected chi connectivity index (χ1v) is 4.85. The molecule has 1 aromatic carbocycles. The first-order valence-electron chi connectivity index (χ1n) is 4.85. The zero-order valence-corrected chi connectivity index (χ0v) is 7.94. The van der Waals surface area contributed by atoms with Gasteiger partial charge in [0.1, 0.15) is 0 Å². The molecule has 1 fully saturated rings. The fraction of sp³-hybridized carbons (Fsp3) is 0.400. The molecule has 3 N–H and O–H groups in total. The number of nitroso groups, excluding NO2 is 1. The van der Waals surface area contributed by atoms with Crippen molar-refractivity contribution in [3.05, 3.63) is 29.2 Å². The average molecular weight is 192 g/mol. The Hall–Kier alpha value is -1.58. The second kappa shape index (κ2) is 3.65. The van der Waals surface area contributed by atoms with Crippen LogP contribution in [0.4, 0.5) is 11.4 Å². The SMILES string of the molecule is Nc1cccc([N+](=O)NC2CCC2)c1. The molecular weight excluding hydrogens is 178 g/mol. The molecular formula is C10H14N3O+. The minimum absolute atomic E-state index is 0.342. The van der Waals surface area contributed by atoms with Crippen LogP contribution in [0.2, 0.25) is 0 Å². The fourth-order valence-electron chi connectivity index (χ4n) is 1.43. The Kier molecular flexibility index (Phi) is 2.35. The lowest BCUT2D eigenvalue weighted by molar-refractivity contribution is -0.537. The Bertz CT molecular complexity index is 347. The van der Waals surface area contributed by atoms with E-state index < -0.39 is 0 Å². The van der Waals surface area contributed by atoms with Crippen molar-refractivity contribution in [3.8, 4) is 0 Å². The number of hydrazine groups is 1. The van der Waals surface area contributed by atoms with Gasteiger partial charge in [0.25, 0.3) is 5.69 Å². The average Bonchev–Trinajstić information content (AvgIpc) is 2.11. The van der Waals surface area contributed by atoms with E-state index in [1.165, 1.54) is 6.42 Å². The summed E-state index contributed by atoms with van der Waals surface area (Å²) in [6.45, 7) is 0. The monoisotopic (exact) mass is 192 g/mol. The maximum Gasteiger partial charge on any atom is 0.293 e. The first-order chi connectivity index (χ1) is 6.75. The number of nitrogens with two attached hydrogens (primary N) is 1. The molecule has 2 rings (SSSR count). The normalized spacial score (nSPS) is 16.0. The van der Waals surface area contributed by atoms with Gasteiger partial charge in [-0.1, -0.05) is 6.07 Å². The van der Waals surface area contributed by atoms with Crippen LogP contribution in [0.3, 0.4) is 0 Å². The fourth-order valence-corrected chi connectivity index (χ4v) is 1.43. The summed E-state index contributed by atoms with van der Waals surface area (Å²) in [5.74, 6) is 0. The predicted molar refractivity (Wildman–Crippen MR) is 54.9 cm³/mol. The molecule has 0 amide bonds. The van der Waals surface area contributed by atoms with Crippen LogP contribution < -0.4 is 11.2 Å².